The lowest BCUT2D eigenvalue weighted by molar-refractivity contribution is 0.102. The van der Waals surface area contributed by atoms with Crippen molar-refractivity contribution in [3.8, 4) is 6.07 Å². The van der Waals surface area contributed by atoms with Crippen molar-refractivity contribution in [3.05, 3.63) is 33.5 Å². The van der Waals surface area contributed by atoms with Crippen LogP contribution in [0.15, 0.2) is 23.0 Å². The molecule has 7 nitrogen and oxygen atoms in total. The van der Waals surface area contributed by atoms with Crippen LogP contribution in [-0.4, -0.2) is 54.0 Å². The molecule has 0 radical (unpaired) electrons. The molecule has 1 amide bonds. The van der Waals surface area contributed by atoms with Crippen molar-refractivity contribution >= 4 is 50.4 Å². The predicted molar refractivity (Wildman–Crippen MR) is 104 cm³/mol. The second kappa shape index (κ2) is 6.99. The van der Waals surface area contributed by atoms with E-state index in [1.807, 2.05) is 0 Å². The van der Waals surface area contributed by atoms with Crippen LogP contribution < -0.4 is 10.2 Å². The predicted octanol–water partition coefficient (Wildman–Crippen LogP) is 2.63. The summed E-state index contributed by atoms with van der Waals surface area (Å²) < 4.78 is 0. The third-order valence-corrected chi connectivity index (χ3v) is 6.05. The van der Waals surface area contributed by atoms with Gasteiger partial charge in [-0.25, -0.2) is 9.97 Å². The molecular weight excluding hydrogens is 368 g/mol. The molecule has 1 aliphatic heterocycles. The molecule has 0 spiro atoms. The number of aromatic nitrogens is 2. The molecule has 3 aromatic rings. The summed E-state index contributed by atoms with van der Waals surface area (Å²) in [5.41, 5.74) is 1.63. The van der Waals surface area contributed by atoms with Gasteiger partial charge in [0.15, 0.2) is 0 Å². The molecule has 1 N–H and O–H groups in total. The minimum absolute atomic E-state index is 0.268. The second-order valence-electron chi connectivity index (χ2n) is 6.05. The Bertz CT molecular complexity index is 996. The van der Waals surface area contributed by atoms with Crippen LogP contribution in [0.4, 0.5) is 11.5 Å². The van der Waals surface area contributed by atoms with Crippen molar-refractivity contribution in [2.45, 2.75) is 0 Å². The molecule has 0 bridgehead atoms. The molecule has 9 heteroatoms. The Balaban J connectivity index is 1.62. The molecule has 0 saturated carbocycles. The molecule has 1 fully saturated rings. The molecule has 1 saturated heterocycles. The molecule has 4 rings (SSSR count). The number of anilines is 2. The van der Waals surface area contributed by atoms with Gasteiger partial charge in [-0.3, -0.25) is 4.79 Å². The van der Waals surface area contributed by atoms with Gasteiger partial charge in [-0.05, 0) is 18.5 Å². The Morgan fingerprint density at radius 3 is 2.88 bits per heavy atom. The molecule has 26 heavy (non-hydrogen) atoms. The highest BCUT2D eigenvalue weighted by Gasteiger charge is 2.20. The summed E-state index contributed by atoms with van der Waals surface area (Å²) in [6.45, 7) is 3.74. The van der Waals surface area contributed by atoms with Crippen LogP contribution in [-0.2, 0) is 0 Å². The normalized spacial score (nSPS) is 15.2. The first-order valence-corrected chi connectivity index (χ1v) is 9.88. The number of rotatable bonds is 3. The lowest BCUT2D eigenvalue weighted by atomic mass is 10.2. The number of fused-ring (bicyclic) bond motifs is 1. The van der Waals surface area contributed by atoms with Crippen molar-refractivity contribution in [2.75, 3.05) is 43.4 Å². The maximum absolute atomic E-state index is 12.7. The number of piperazine rings is 1. The number of likely N-dealkylation sites (N-methyl/N-ethyl adjacent to an activating group) is 1. The summed E-state index contributed by atoms with van der Waals surface area (Å²) >= 11 is 2.70. The summed E-state index contributed by atoms with van der Waals surface area (Å²) in [6.07, 6.45) is 1.78. The first kappa shape index (κ1) is 16.9. The number of carbonyl (C=O) groups is 1. The highest BCUT2D eigenvalue weighted by atomic mass is 32.1. The standard InChI is InChI=1S/C17H16N6OS2/c1-22-3-5-23(6-4-22)14-9-19-17-15(21-14)11(10-26-17)16(24)20-12-2-7-25-13(12)8-18/h2,7,9-10H,3-6H2,1H3,(H,20,24). The molecule has 0 atom stereocenters. The van der Waals surface area contributed by atoms with E-state index in [2.05, 4.69) is 33.2 Å². The van der Waals surface area contributed by atoms with E-state index >= 15 is 0 Å². The fourth-order valence-corrected chi connectivity index (χ4v) is 4.30. The number of carbonyl (C=O) groups excluding carboxylic acids is 1. The van der Waals surface area contributed by atoms with Gasteiger partial charge in [-0.15, -0.1) is 22.7 Å². The molecular formula is C17H16N6OS2. The molecule has 1 aliphatic rings. The van der Waals surface area contributed by atoms with Gasteiger partial charge in [-0.1, -0.05) is 0 Å². The third-order valence-electron chi connectivity index (χ3n) is 4.36. The van der Waals surface area contributed by atoms with Crippen molar-refractivity contribution in [2.24, 2.45) is 0 Å². The smallest absolute Gasteiger partial charge is 0.258 e. The Labute approximate surface area is 158 Å². The summed E-state index contributed by atoms with van der Waals surface area (Å²) in [5, 5.41) is 15.5. The lowest BCUT2D eigenvalue weighted by Crippen LogP contribution is -2.44. The van der Waals surface area contributed by atoms with Gasteiger partial charge >= 0.3 is 0 Å². The topological polar surface area (TPSA) is 85.1 Å². The van der Waals surface area contributed by atoms with E-state index in [1.54, 1.807) is 23.0 Å². The highest BCUT2D eigenvalue weighted by Crippen LogP contribution is 2.27. The van der Waals surface area contributed by atoms with E-state index in [9.17, 15) is 4.79 Å². The lowest BCUT2D eigenvalue weighted by Gasteiger charge is -2.32. The van der Waals surface area contributed by atoms with Gasteiger partial charge in [0.2, 0.25) is 0 Å². The zero-order chi connectivity index (χ0) is 18.1. The van der Waals surface area contributed by atoms with Crippen LogP contribution in [0.1, 0.15) is 15.2 Å². The minimum Gasteiger partial charge on any atom is -0.353 e. The molecule has 132 valence electrons. The van der Waals surface area contributed by atoms with Gasteiger partial charge < -0.3 is 15.1 Å². The van der Waals surface area contributed by atoms with Crippen LogP contribution in [0, 0.1) is 11.3 Å². The quantitative estimate of drug-likeness (QED) is 0.747. The Hall–Kier alpha value is -2.54. The Morgan fingerprint density at radius 1 is 1.31 bits per heavy atom. The van der Waals surface area contributed by atoms with Gasteiger partial charge in [0.1, 0.15) is 27.1 Å². The highest BCUT2D eigenvalue weighted by molar-refractivity contribution is 7.17. The summed E-state index contributed by atoms with van der Waals surface area (Å²) in [7, 11) is 2.10. The third kappa shape index (κ3) is 3.14. The summed E-state index contributed by atoms with van der Waals surface area (Å²) in [5.74, 6) is 0.530. The van der Waals surface area contributed by atoms with E-state index in [-0.39, 0.29) is 5.91 Å². The molecule has 0 unspecified atom stereocenters. The Kier molecular flexibility index (Phi) is 4.55. The summed E-state index contributed by atoms with van der Waals surface area (Å²) in [6, 6.07) is 3.82. The molecule has 0 aliphatic carbocycles. The van der Waals surface area contributed by atoms with E-state index in [0.29, 0.717) is 21.6 Å². The number of nitriles is 1. The van der Waals surface area contributed by atoms with Crippen molar-refractivity contribution in [1.82, 2.24) is 14.9 Å². The maximum Gasteiger partial charge on any atom is 0.258 e. The molecule has 0 aromatic carbocycles. The fourth-order valence-electron chi connectivity index (χ4n) is 2.83. The molecule has 4 heterocycles. The van der Waals surface area contributed by atoms with Crippen molar-refractivity contribution < 1.29 is 4.79 Å². The van der Waals surface area contributed by atoms with Gasteiger partial charge in [0.25, 0.3) is 5.91 Å². The number of nitrogens with one attached hydrogen (secondary N) is 1. The van der Waals surface area contributed by atoms with Crippen LogP contribution in [0.25, 0.3) is 10.3 Å². The van der Waals surface area contributed by atoms with Crippen LogP contribution >= 0.6 is 22.7 Å². The van der Waals surface area contributed by atoms with Crippen molar-refractivity contribution in [3.63, 3.8) is 0 Å². The summed E-state index contributed by atoms with van der Waals surface area (Å²) in [4.78, 5) is 27.6. The van der Waals surface area contributed by atoms with Crippen LogP contribution in [0.2, 0.25) is 0 Å². The minimum atomic E-state index is -0.268. The van der Waals surface area contributed by atoms with E-state index in [1.165, 1.54) is 22.7 Å². The van der Waals surface area contributed by atoms with E-state index < -0.39 is 0 Å². The number of amides is 1. The van der Waals surface area contributed by atoms with Crippen molar-refractivity contribution in [1.29, 1.82) is 5.26 Å². The van der Waals surface area contributed by atoms with Crippen LogP contribution in [0.5, 0.6) is 0 Å². The van der Waals surface area contributed by atoms with Gasteiger partial charge in [0.05, 0.1) is 17.4 Å². The zero-order valence-corrected chi connectivity index (χ0v) is 15.7. The number of hydrogen-bond acceptors (Lipinski definition) is 8. The second-order valence-corrected chi connectivity index (χ2v) is 7.83. The SMILES string of the molecule is CN1CCN(c2cnc3scc(C(=O)Nc4ccsc4C#N)c3n2)CC1. The van der Waals surface area contributed by atoms with E-state index in [4.69, 9.17) is 10.2 Å². The van der Waals surface area contributed by atoms with E-state index in [0.717, 1.165) is 36.8 Å². The number of nitrogens with zero attached hydrogens (tertiary/aromatic N) is 5. The maximum atomic E-state index is 12.7. The first-order chi connectivity index (χ1) is 12.7. The largest absolute Gasteiger partial charge is 0.353 e. The van der Waals surface area contributed by atoms with Crippen LogP contribution in [0.3, 0.4) is 0 Å². The number of hydrogen-bond donors (Lipinski definition) is 1. The van der Waals surface area contributed by atoms with Gasteiger partial charge in [0, 0.05) is 31.6 Å². The fraction of sp³-hybridized carbons (Fsp3) is 0.294. The average Bonchev–Trinajstić information content (AvgIpc) is 3.28. The average molecular weight is 384 g/mol. The molecule has 3 aromatic heterocycles. The van der Waals surface area contributed by atoms with Gasteiger partial charge in [-0.2, -0.15) is 5.26 Å². The monoisotopic (exact) mass is 384 g/mol. The number of thiophene rings is 2. The zero-order valence-electron chi connectivity index (χ0n) is 14.1. The first-order valence-electron chi connectivity index (χ1n) is 8.12. The Morgan fingerprint density at radius 2 is 2.12 bits per heavy atom.